The molecule has 0 saturated carbocycles. The number of hydrogen-bond acceptors (Lipinski definition) is 4. The minimum atomic E-state index is -3.51. The normalized spacial score (nSPS) is 18.6. The molecule has 1 atom stereocenters. The first kappa shape index (κ1) is 17.4. The van der Waals surface area contributed by atoms with Crippen molar-refractivity contribution >= 4 is 20.0 Å². The first-order valence-corrected chi connectivity index (χ1v) is 10.5. The van der Waals surface area contributed by atoms with E-state index in [9.17, 15) is 16.8 Å². The molecule has 0 radical (unpaired) electrons. The van der Waals surface area contributed by atoms with Crippen molar-refractivity contribution in [2.75, 3.05) is 25.1 Å². The Hall–Kier alpha value is -0.960. The van der Waals surface area contributed by atoms with Crippen LogP contribution in [-0.4, -0.2) is 46.2 Å². The summed E-state index contributed by atoms with van der Waals surface area (Å²) in [6.07, 6.45) is 1.62. The molecule has 0 spiro atoms. The number of rotatable bonds is 7. The Morgan fingerprint density at radius 3 is 2.59 bits per heavy atom. The van der Waals surface area contributed by atoms with Crippen molar-refractivity contribution in [2.45, 2.75) is 25.8 Å². The largest absolute Gasteiger partial charge is 0.215 e. The number of sulfonamides is 2. The van der Waals surface area contributed by atoms with Crippen LogP contribution in [0.4, 0.5) is 0 Å². The highest BCUT2D eigenvalue weighted by Crippen LogP contribution is 2.36. The third-order valence-corrected chi connectivity index (χ3v) is 7.30. The molecule has 22 heavy (non-hydrogen) atoms. The van der Waals surface area contributed by atoms with E-state index in [2.05, 4.69) is 4.72 Å². The van der Waals surface area contributed by atoms with Gasteiger partial charge in [-0.3, -0.25) is 0 Å². The zero-order valence-corrected chi connectivity index (χ0v) is 14.5. The number of nitrogens with zero attached hydrogens (tertiary/aromatic N) is 1. The van der Waals surface area contributed by atoms with Gasteiger partial charge < -0.3 is 0 Å². The molecule has 8 heteroatoms. The maximum absolute atomic E-state index is 12.4. The summed E-state index contributed by atoms with van der Waals surface area (Å²) >= 11 is 0. The van der Waals surface area contributed by atoms with E-state index in [0.29, 0.717) is 0 Å². The van der Waals surface area contributed by atoms with Crippen LogP contribution in [0.15, 0.2) is 24.3 Å². The van der Waals surface area contributed by atoms with Gasteiger partial charge in [0, 0.05) is 19.6 Å². The van der Waals surface area contributed by atoms with Crippen molar-refractivity contribution in [3.8, 4) is 0 Å². The molecule has 0 saturated heterocycles. The molecule has 1 aliphatic carbocycles. The fourth-order valence-electron chi connectivity index (χ4n) is 2.68. The van der Waals surface area contributed by atoms with E-state index in [1.165, 1.54) is 16.8 Å². The lowest BCUT2D eigenvalue weighted by Crippen LogP contribution is -2.37. The number of benzene rings is 1. The molecule has 0 unspecified atom stereocenters. The van der Waals surface area contributed by atoms with Gasteiger partial charge >= 0.3 is 0 Å². The second-order valence-electron chi connectivity index (χ2n) is 5.38. The fraction of sp³-hybridized carbons (Fsp3) is 0.571. The summed E-state index contributed by atoms with van der Waals surface area (Å²) in [4.78, 5) is 0. The van der Waals surface area contributed by atoms with Crippen molar-refractivity contribution in [3.05, 3.63) is 35.4 Å². The highest BCUT2D eigenvalue weighted by molar-refractivity contribution is 7.90. The van der Waals surface area contributed by atoms with E-state index >= 15 is 0 Å². The predicted molar refractivity (Wildman–Crippen MR) is 86.5 cm³/mol. The summed E-state index contributed by atoms with van der Waals surface area (Å²) in [5, 5.41) is 0. The third kappa shape index (κ3) is 3.87. The molecule has 2 rings (SSSR count). The Labute approximate surface area is 132 Å². The summed E-state index contributed by atoms with van der Waals surface area (Å²) in [6.45, 7) is 1.41. The molecule has 0 fully saturated rings. The van der Waals surface area contributed by atoms with Crippen LogP contribution in [0, 0.1) is 0 Å². The van der Waals surface area contributed by atoms with Crippen LogP contribution >= 0.6 is 0 Å². The third-order valence-electron chi connectivity index (χ3n) is 4.04. The zero-order valence-electron chi connectivity index (χ0n) is 12.8. The minimum Gasteiger partial charge on any atom is -0.214 e. The zero-order chi connectivity index (χ0) is 16.4. The molecule has 1 aromatic carbocycles. The Morgan fingerprint density at radius 2 is 1.91 bits per heavy atom. The molecule has 6 nitrogen and oxygen atoms in total. The molecule has 1 N–H and O–H groups in total. The topological polar surface area (TPSA) is 83.5 Å². The maximum atomic E-state index is 12.4. The average Bonchev–Trinajstić information content (AvgIpc) is 2.89. The van der Waals surface area contributed by atoms with E-state index in [1.54, 1.807) is 7.05 Å². The van der Waals surface area contributed by atoms with Crippen LogP contribution in [0.5, 0.6) is 0 Å². The molecule has 1 aromatic rings. The van der Waals surface area contributed by atoms with Gasteiger partial charge in [-0.15, -0.1) is 0 Å². The van der Waals surface area contributed by atoms with Crippen molar-refractivity contribution < 1.29 is 16.8 Å². The number of fused-ring (bicyclic) bond motifs is 1. The first-order chi connectivity index (χ1) is 10.3. The van der Waals surface area contributed by atoms with Crippen LogP contribution in [-0.2, 0) is 26.5 Å². The van der Waals surface area contributed by atoms with Crippen LogP contribution in [0.2, 0.25) is 0 Å². The van der Waals surface area contributed by atoms with Gasteiger partial charge in [0.15, 0.2) is 0 Å². The van der Waals surface area contributed by atoms with Gasteiger partial charge in [-0.05, 0) is 30.9 Å². The fourth-order valence-corrected chi connectivity index (χ4v) is 4.68. The molecule has 124 valence electrons. The summed E-state index contributed by atoms with van der Waals surface area (Å²) in [7, 11) is -5.31. The SMILES string of the molecule is CCS(=O)(=O)NCCS(=O)(=O)N(C)[C@@H]1CCc2ccccc21. The van der Waals surface area contributed by atoms with E-state index in [1.807, 2.05) is 24.3 Å². The highest BCUT2D eigenvalue weighted by atomic mass is 32.2. The number of nitrogens with one attached hydrogen (secondary N) is 1. The Kier molecular flexibility index (Phi) is 5.26. The highest BCUT2D eigenvalue weighted by Gasteiger charge is 2.32. The van der Waals surface area contributed by atoms with Gasteiger partial charge in [0.2, 0.25) is 20.0 Å². The Morgan fingerprint density at radius 1 is 1.23 bits per heavy atom. The molecule has 0 bridgehead atoms. The maximum Gasteiger partial charge on any atom is 0.215 e. The van der Waals surface area contributed by atoms with Crippen LogP contribution in [0.3, 0.4) is 0 Å². The van der Waals surface area contributed by atoms with Crippen molar-refractivity contribution in [2.24, 2.45) is 0 Å². The second kappa shape index (κ2) is 6.66. The number of hydrogen-bond donors (Lipinski definition) is 1. The molecule has 0 aromatic heterocycles. The van der Waals surface area contributed by atoms with Crippen molar-refractivity contribution in [3.63, 3.8) is 0 Å². The molecule has 0 heterocycles. The summed E-state index contributed by atoms with van der Waals surface area (Å²) in [5.74, 6) is -0.291. The smallest absolute Gasteiger partial charge is 0.214 e. The lowest BCUT2D eigenvalue weighted by Gasteiger charge is -2.24. The van der Waals surface area contributed by atoms with Gasteiger partial charge in [-0.2, -0.15) is 4.31 Å². The minimum absolute atomic E-state index is 0.0567. The quantitative estimate of drug-likeness (QED) is 0.794. The van der Waals surface area contributed by atoms with Crippen LogP contribution < -0.4 is 4.72 Å². The van der Waals surface area contributed by atoms with Gasteiger partial charge in [-0.1, -0.05) is 24.3 Å². The van der Waals surface area contributed by atoms with Crippen LogP contribution in [0.1, 0.15) is 30.5 Å². The van der Waals surface area contributed by atoms with Crippen LogP contribution in [0.25, 0.3) is 0 Å². The summed E-state index contributed by atoms with van der Waals surface area (Å²) in [5.41, 5.74) is 2.23. The van der Waals surface area contributed by atoms with E-state index < -0.39 is 20.0 Å². The predicted octanol–water partition coefficient (Wildman–Crippen LogP) is 0.875. The van der Waals surface area contributed by atoms with Gasteiger partial charge in [0.1, 0.15) is 0 Å². The average molecular weight is 346 g/mol. The lowest BCUT2D eigenvalue weighted by molar-refractivity contribution is 0.374. The summed E-state index contributed by atoms with van der Waals surface area (Å²) in [6, 6.07) is 7.68. The Balaban J connectivity index is 2.04. The van der Waals surface area contributed by atoms with Gasteiger partial charge in [0.05, 0.1) is 11.5 Å². The standard InChI is InChI=1S/C14H22N2O4S2/c1-3-21(17,18)15-10-11-22(19,20)16(2)14-9-8-12-6-4-5-7-13(12)14/h4-7,14-15H,3,8-11H2,1-2H3/t14-/m1/s1. The molecular formula is C14H22N2O4S2. The monoisotopic (exact) mass is 346 g/mol. The first-order valence-electron chi connectivity index (χ1n) is 7.27. The number of aryl methyl sites for hydroxylation is 1. The van der Waals surface area contributed by atoms with E-state index in [-0.39, 0.29) is 24.1 Å². The molecule has 0 aliphatic heterocycles. The van der Waals surface area contributed by atoms with E-state index in [4.69, 9.17) is 0 Å². The summed E-state index contributed by atoms with van der Waals surface area (Å²) < 4.78 is 51.2. The van der Waals surface area contributed by atoms with Gasteiger partial charge in [-0.25, -0.2) is 21.6 Å². The van der Waals surface area contributed by atoms with E-state index in [0.717, 1.165) is 18.4 Å². The molecule has 0 amide bonds. The van der Waals surface area contributed by atoms with Gasteiger partial charge in [0.25, 0.3) is 0 Å². The van der Waals surface area contributed by atoms with Crippen molar-refractivity contribution in [1.29, 1.82) is 0 Å². The Bertz CT molecular complexity index is 729. The molecular weight excluding hydrogens is 324 g/mol. The second-order valence-corrected chi connectivity index (χ2v) is 9.63. The molecule has 1 aliphatic rings. The lowest BCUT2D eigenvalue weighted by atomic mass is 10.1. The van der Waals surface area contributed by atoms with Crippen molar-refractivity contribution in [1.82, 2.24) is 9.03 Å².